The molecule has 0 aromatic heterocycles. The Morgan fingerprint density at radius 2 is 1.95 bits per heavy atom. The highest BCUT2D eigenvalue weighted by Crippen LogP contribution is 2.27. The molecule has 0 radical (unpaired) electrons. The van der Waals surface area contributed by atoms with Gasteiger partial charge in [0.05, 0.1) is 6.54 Å². The number of aliphatic carboxylic acids is 1. The molecule has 3 rings (SSSR count). The first-order chi connectivity index (χ1) is 10.1. The SMILES string of the molecule is O=C(CN1Cc2ccccc2C[C@H]1C(=O)O)NCC1CC1. The van der Waals surface area contributed by atoms with Gasteiger partial charge in [-0.05, 0) is 36.3 Å². The van der Waals surface area contributed by atoms with Crippen molar-refractivity contribution in [3.63, 3.8) is 0 Å². The zero-order valence-electron chi connectivity index (χ0n) is 11.9. The molecule has 1 amide bonds. The van der Waals surface area contributed by atoms with E-state index < -0.39 is 12.0 Å². The maximum Gasteiger partial charge on any atom is 0.321 e. The Balaban J connectivity index is 1.66. The molecular weight excluding hydrogens is 268 g/mol. The summed E-state index contributed by atoms with van der Waals surface area (Å²) in [4.78, 5) is 25.2. The first-order valence-corrected chi connectivity index (χ1v) is 7.44. The summed E-state index contributed by atoms with van der Waals surface area (Å²) in [5.41, 5.74) is 2.18. The zero-order chi connectivity index (χ0) is 14.8. The Kier molecular flexibility index (Phi) is 3.92. The van der Waals surface area contributed by atoms with Crippen LogP contribution in [0.2, 0.25) is 0 Å². The maximum absolute atomic E-state index is 12.0. The van der Waals surface area contributed by atoms with Crippen molar-refractivity contribution >= 4 is 11.9 Å². The van der Waals surface area contributed by atoms with Gasteiger partial charge in [0.15, 0.2) is 0 Å². The Morgan fingerprint density at radius 3 is 2.62 bits per heavy atom. The number of nitrogens with one attached hydrogen (secondary N) is 1. The minimum atomic E-state index is -0.862. The largest absolute Gasteiger partial charge is 0.480 e. The van der Waals surface area contributed by atoms with E-state index in [4.69, 9.17) is 0 Å². The van der Waals surface area contributed by atoms with Crippen molar-refractivity contribution in [1.82, 2.24) is 10.2 Å². The molecule has 1 heterocycles. The van der Waals surface area contributed by atoms with Crippen LogP contribution in [0.5, 0.6) is 0 Å². The van der Waals surface area contributed by atoms with Gasteiger partial charge in [0.1, 0.15) is 6.04 Å². The molecule has 1 aromatic rings. The molecule has 21 heavy (non-hydrogen) atoms. The second-order valence-electron chi connectivity index (χ2n) is 5.98. The van der Waals surface area contributed by atoms with E-state index in [-0.39, 0.29) is 12.5 Å². The van der Waals surface area contributed by atoms with Crippen LogP contribution in [-0.4, -0.2) is 41.0 Å². The van der Waals surface area contributed by atoms with Crippen LogP contribution in [-0.2, 0) is 22.6 Å². The molecule has 0 bridgehead atoms. The van der Waals surface area contributed by atoms with Crippen LogP contribution in [0.15, 0.2) is 24.3 Å². The molecule has 1 saturated carbocycles. The molecule has 0 spiro atoms. The quantitative estimate of drug-likeness (QED) is 0.849. The normalized spacial score (nSPS) is 21.6. The fourth-order valence-corrected chi connectivity index (χ4v) is 2.81. The number of fused-ring (bicyclic) bond motifs is 1. The van der Waals surface area contributed by atoms with Crippen LogP contribution in [0.1, 0.15) is 24.0 Å². The van der Waals surface area contributed by atoms with Crippen molar-refractivity contribution in [1.29, 1.82) is 0 Å². The highest BCUT2D eigenvalue weighted by molar-refractivity contribution is 5.80. The van der Waals surface area contributed by atoms with Gasteiger partial charge < -0.3 is 10.4 Å². The third-order valence-electron chi connectivity index (χ3n) is 4.26. The number of carboxylic acids is 1. The average Bonchev–Trinajstić information content (AvgIpc) is 3.28. The van der Waals surface area contributed by atoms with Gasteiger partial charge in [-0.3, -0.25) is 14.5 Å². The van der Waals surface area contributed by atoms with E-state index in [1.165, 1.54) is 12.8 Å². The first kappa shape index (κ1) is 14.1. The molecule has 0 unspecified atom stereocenters. The number of hydrogen-bond donors (Lipinski definition) is 2. The minimum absolute atomic E-state index is 0.0764. The predicted molar refractivity (Wildman–Crippen MR) is 77.7 cm³/mol. The lowest BCUT2D eigenvalue weighted by atomic mass is 9.94. The smallest absolute Gasteiger partial charge is 0.321 e. The van der Waals surface area contributed by atoms with Gasteiger partial charge in [-0.25, -0.2) is 0 Å². The van der Waals surface area contributed by atoms with E-state index in [1.807, 2.05) is 24.3 Å². The molecule has 2 aliphatic rings. The number of hydrogen-bond acceptors (Lipinski definition) is 3. The van der Waals surface area contributed by atoms with Crippen LogP contribution in [0.25, 0.3) is 0 Å². The van der Waals surface area contributed by atoms with E-state index in [0.717, 1.165) is 17.7 Å². The summed E-state index contributed by atoms with van der Waals surface area (Å²) < 4.78 is 0. The average molecular weight is 288 g/mol. The van der Waals surface area contributed by atoms with Gasteiger partial charge in [-0.2, -0.15) is 0 Å². The molecular formula is C16H20N2O3. The standard InChI is InChI=1S/C16H20N2O3/c19-15(17-8-11-5-6-11)10-18-9-13-4-2-1-3-12(13)7-14(18)16(20)21/h1-4,11,14H,5-10H2,(H,17,19)(H,20,21)/t14-/m0/s1. The Labute approximate surface area is 123 Å². The summed E-state index contributed by atoms with van der Waals surface area (Å²) in [6.07, 6.45) is 2.84. The van der Waals surface area contributed by atoms with Gasteiger partial charge in [-0.1, -0.05) is 24.3 Å². The fraction of sp³-hybridized carbons (Fsp3) is 0.500. The second kappa shape index (κ2) is 5.85. The van der Waals surface area contributed by atoms with Crippen LogP contribution in [0.4, 0.5) is 0 Å². The number of carboxylic acid groups (broad SMARTS) is 1. The van der Waals surface area contributed by atoms with Crippen molar-refractivity contribution in [3.8, 4) is 0 Å². The third kappa shape index (κ3) is 3.42. The van der Waals surface area contributed by atoms with E-state index in [2.05, 4.69) is 5.32 Å². The van der Waals surface area contributed by atoms with Crippen molar-refractivity contribution in [2.75, 3.05) is 13.1 Å². The number of amides is 1. The molecule has 5 nitrogen and oxygen atoms in total. The van der Waals surface area contributed by atoms with Gasteiger partial charge in [0.2, 0.25) is 5.91 Å². The van der Waals surface area contributed by atoms with Crippen molar-refractivity contribution in [2.45, 2.75) is 31.8 Å². The van der Waals surface area contributed by atoms with Crippen LogP contribution >= 0.6 is 0 Å². The van der Waals surface area contributed by atoms with Crippen molar-refractivity contribution in [2.24, 2.45) is 5.92 Å². The number of nitrogens with zero attached hydrogens (tertiary/aromatic N) is 1. The minimum Gasteiger partial charge on any atom is -0.480 e. The molecule has 1 atom stereocenters. The summed E-state index contributed by atoms with van der Waals surface area (Å²) in [5, 5.41) is 12.3. The molecule has 2 N–H and O–H groups in total. The third-order valence-corrected chi connectivity index (χ3v) is 4.26. The molecule has 5 heteroatoms. The molecule has 0 saturated heterocycles. The van der Waals surface area contributed by atoms with E-state index in [1.54, 1.807) is 4.90 Å². The monoisotopic (exact) mass is 288 g/mol. The maximum atomic E-state index is 12.0. The van der Waals surface area contributed by atoms with Crippen LogP contribution < -0.4 is 5.32 Å². The van der Waals surface area contributed by atoms with E-state index in [0.29, 0.717) is 18.9 Å². The van der Waals surface area contributed by atoms with E-state index >= 15 is 0 Å². The lowest BCUT2D eigenvalue weighted by molar-refractivity contribution is -0.144. The van der Waals surface area contributed by atoms with Gasteiger partial charge in [0, 0.05) is 13.1 Å². The summed E-state index contributed by atoms with van der Waals surface area (Å²) >= 11 is 0. The number of carbonyl (C=O) groups is 2. The zero-order valence-corrected chi connectivity index (χ0v) is 11.9. The van der Waals surface area contributed by atoms with Gasteiger partial charge in [-0.15, -0.1) is 0 Å². The molecule has 112 valence electrons. The van der Waals surface area contributed by atoms with Crippen molar-refractivity contribution in [3.05, 3.63) is 35.4 Å². The van der Waals surface area contributed by atoms with Crippen molar-refractivity contribution < 1.29 is 14.7 Å². The summed E-state index contributed by atoms with van der Waals surface area (Å²) in [6, 6.07) is 7.23. The van der Waals surface area contributed by atoms with Crippen LogP contribution in [0.3, 0.4) is 0 Å². The predicted octanol–water partition coefficient (Wildman–Crippen LogP) is 1.02. The summed E-state index contributed by atoms with van der Waals surface area (Å²) in [5.74, 6) is -0.307. The highest BCUT2D eigenvalue weighted by Gasteiger charge is 2.32. The topological polar surface area (TPSA) is 69.6 Å². The molecule has 1 aromatic carbocycles. The lowest BCUT2D eigenvalue weighted by Crippen LogP contribution is -2.49. The fourth-order valence-electron chi connectivity index (χ4n) is 2.81. The molecule has 1 aliphatic heterocycles. The Morgan fingerprint density at radius 1 is 1.24 bits per heavy atom. The lowest BCUT2D eigenvalue weighted by Gasteiger charge is -2.33. The number of benzene rings is 1. The summed E-state index contributed by atoms with van der Waals surface area (Å²) in [6.45, 7) is 1.39. The Hall–Kier alpha value is -1.88. The van der Waals surface area contributed by atoms with E-state index in [9.17, 15) is 14.7 Å². The first-order valence-electron chi connectivity index (χ1n) is 7.44. The van der Waals surface area contributed by atoms with Gasteiger partial charge in [0.25, 0.3) is 0 Å². The number of rotatable bonds is 5. The van der Waals surface area contributed by atoms with Gasteiger partial charge >= 0.3 is 5.97 Å². The molecule has 1 aliphatic carbocycles. The molecule has 1 fully saturated rings. The highest BCUT2D eigenvalue weighted by atomic mass is 16.4. The summed E-state index contributed by atoms with van der Waals surface area (Å²) in [7, 11) is 0. The Bertz CT molecular complexity index is 554. The second-order valence-corrected chi connectivity index (χ2v) is 5.98. The van der Waals surface area contributed by atoms with Crippen LogP contribution in [0, 0.1) is 5.92 Å². The number of carbonyl (C=O) groups excluding carboxylic acids is 1.